The minimum absolute atomic E-state index is 0.0786. The normalized spacial score (nSPS) is 13.8. The van der Waals surface area contributed by atoms with Gasteiger partial charge in [0.05, 0.1) is 23.3 Å². The number of imide groups is 1. The second kappa shape index (κ2) is 10.9. The van der Waals surface area contributed by atoms with Gasteiger partial charge in [-0.25, -0.2) is 4.79 Å². The zero-order chi connectivity index (χ0) is 24.0. The highest BCUT2D eigenvalue weighted by atomic mass is 16.5. The SMILES string of the molecule is CCCCCOC(=O)c1ccc(NC(=O)C(CC(C)C)N2C(=O)c3ccccc3C2=O)cc1. The average molecular weight is 451 g/mol. The van der Waals surface area contributed by atoms with Crippen molar-refractivity contribution in [1.82, 2.24) is 4.90 Å². The molecule has 2 aromatic carbocycles. The van der Waals surface area contributed by atoms with E-state index in [0.29, 0.717) is 35.4 Å². The van der Waals surface area contributed by atoms with E-state index in [2.05, 4.69) is 12.2 Å². The Hall–Kier alpha value is -3.48. The zero-order valence-corrected chi connectivity index (χ0v) is 19.3. The van der Waals surface area contributed by atoms with Crippen molar-refractivity contribution in [3.63, 3.8) is 0 Å². The van der Waals surface area contributed by atoms with Crippen molar-refractivity contribution in [3.8, 4) is 0 Å². The topological polar surface area (TPSA) is 92.8 Å². The number of rotatable bonds is 10. The Morgan fingerprint density at radius 2 is 1.55 bits per heavy atom. The second-order valence-corrected chi connectivity index (χ2v) is 8.58. The van der Waals surface area contributed by atoms with Crippen LogP contribution in [0.5, 0.6) is 0 Å². The molecule has 1 N–H and O–H groups in total. The number of amides is 3. The number of benzene rings is 2. The van der Waals surface area contributed by atoms with Crippen LogP contribution in [0, 0.1) is 5.92 Å². The van der Waals surface area contributed by atoms with E-state index in [4.69, 9.17) is 4.74 Å². The van der Waals surface area contributed by atoms with Crippen LogP contribution >= 0.6 is 0 Å². The van der Waals surface area contributed by atoms with Crippen LogP contribution < -0.4 is 5.32 Å². The van der Waals surface area contributed by atoms with Crippen LogP contribution in [-0.4, -0.2) is 41.2 Å². The van der Waals surface area contributed by atoms with Gasteiger partial charge < -0.3 is 10.1 Å². The lowest BCUT2D eigenvalue weighted by atomic mass is 10.0. The van der Waals surface area contributed by atoms with Gasteiger partial charge in [-0.05, 0) is 55.2 Å². The van der Waals surface area contributed by atoms with Crippen molar-refractivity contribution in [3.05, 3.63) is 65.2 Å². The summed E-state index contributed by atoms with van der Waals surface area (Å²) in [4.78, 5) is 52.2. The summed E-state index contributed by atoms with van der Waals surface area (Å²) in [5.74, 6) is -1.70. The molecule has 3 rings (SSSR count). The number of carbonyl (C=O) groups is 4. The molecule has 0 aromatic heterocycles. The predicted octanol–water partition coefficient (Wildman–Crippen LogP) is 4.68. The number of nitrogens with one attached hydrogen (secondary N) is 1. The lowest BCUT2D eigenvalue weighted by Crippen LogP contribution is -2.47. The predicted molar refractivity (Wildman–Crippen MR) is 125 cm³/mol. The van der Waals surface area contributed by atoms with Crippen LogP contribution in [0.3, 0.4) is 0 Å². The molecule has 1 aliphatic rings. The van der Waals surface area contributed by atoms with Gasteiger partial charge in [-0.3, -0.25) is 19.3 Å². The highest BCUT2D eigenvalue weighted by molar-refractivity contribution is 6.23. The molecular weight excluding hydrogens is 420 g/mol. The third kappa shape index (κ3) is 5.66. The lowest BCUT2D eigenvalue weighted by Gasteiger charge is -2.26. The van der Waals surface area contributed by atoms with Gasteiger partial charge in [0.2, 0.25) is 5.91 Å². The number of ether oxygens (including phenoxy) is 1. The van der Waals surface area contributed by atoms with Gasteiger partial charge in [-0.2, -0.15) is 0 Å². The van der Waals surface area contributed by atoms with Gasteiger partial charge in [-0.15, -0.1) is 0 Å². The standard InChI is InChI=1S/C26H30N2O5/c1-4-5-8-15-33-26(32)18-11-13-19(14-12-18)27-23(29)22(16-17(2)3)28-24(30)20-9-6-7-10-21(20)25(28)31/h6-7,9-14,17,22H,4-5,8,15-16H2,1-3H3,(H,27,29). The van der Waals surface area contributed by atoms with E-state index in [1.807, 2.05) is 13.8 Å². The highest BCUT2D eigenvalue weighted by Gasteiger charge is 2.42. The maximum absolute atomic E-state index is 13.2. The Morgan fingerprint density at radius 1 is 0.939 bits per heavy atom. The summed E-state index contributed by atoms with van der Waals surface area (Å²) in [6.45, 7) is 6.32. The molecule has 1 aliphatic heterocycles. The van der Waals surface area contributed by atoms with Crippen LogP contribution in [0.1, 0.15) is 77.5 Å². The molecule has 0 saturated heterocycles. The minimum Gasteiger partial charge on any atom is -0.462 e. The third-order valence-electron chi connectivity index (χ3n) is 5.50. The molecule has 174 valence electrons. The highest BCUT2D eigenvalue weighted by Crippen LogP contribution is 2.27. The largest absolute Gasteiger partial charge is 0.462 e. The number of nitrogens with zero attached hydrogens (tertiary/aromatic N) is 1. The van der Waals surface area contributed by atoms with Crippen LogP contribution in [0.15, 0.2) is 48.5 Å². The molecule has 1 atom stereocenters. The van der Waals surface area contributed by atoms with Crippen molar-refractivity contribution in [1.29, 1.82) is 0 Å². The average Bonchev–Trinajstić information content (AvgIpc) is 3.05. The number of unbranched alkanes of at least 4 members (excludes halogenated alkanes) is 2. The fourth-order valence-electron chi connectivity index (χ4n) is 3.78. The molecule has 1 heterocycles. The van der Waals surface area contributed by atoms with E-state index in [9.17, 15) is 19.2 Å². The molecule has 0 saturated carbocycles. The Bertz CT molecular complexity index is 994. The van der Waals surface area contributed by atoms with Crippen molar-refractivity contribution in [2.24, 2.45) is 5.92 Å². The summed E-state index contributed by atoms with van der Waals surface area (Å²) in [6.07, 6.45) is 3.21. The molecule has 0 fully saturated rings. The van der Waals surface area contributed by atoms with Crippen molar-refractivity contribution in [2.75, 3.05) is 11.9 Å². The fourth-order valence-corrected chi connectivity index (χ4v) is 3.78. The molecule has 7 heteroatoms. The molecule has 0 radical (unpaired) electrons. The van der Waals surface area contributed by atoms with Crippen LogP contribution in [0.25, 0.3) is 0 Å². The first-order chi connectivity index (χ1) is 15.8. The summed E-state index contributed by atoms with van der Waals surface area (Å²) < 4.78 is 5.25. The molecule has 0 bridgehead atoms. The van der Waals surface area contributed by atoms with E-state index in [1.165, 1.54) is 0 Å². The summed E-state index contributed by atoms with van der Waals surface area (Å²) in [5.41, 5.74) is 1.48. The molecule has 3 amide bonds. The first-order valence-electron chi connectivity index (χ1n) is 11.4. The monoisotopic (exact) mass is 450 g/mol. The molecule has 1 unspecified atom stereocenters. The van der Waals surface area contributed by atoms with E-state index in [0.717, 1.165) is 24.2 Å². The van der Waals surface area contributed by atoms with E-state index in [1.54, 1.807) is 48.5 Å². The van der Waals surface area contributed by atoms with Gasteiger partial charge in [0.1, 0.15) is 6.04 Å². The quantitative estimate of drug-likeness (QED) is 0.322. The van der Waals surface area contributed by atoms with Gasteiger partial charge in [0.15, 0.2) is 0 Å². The molecular formula is C26H30N2O5. The number of esters is 1. The van der Waals surface area contributed by atoms with Gasteiger partial charge >= 0.3 is 5.97 Å². The van der Waals surface area contributed by atoms with Crippen LogP contribution in [-0.2, 0) is 9.53 Å². The maximum atomic E-state index is 13.2. The summed E-state index contributed by atoms with van der Waals surface area (Å²) >= 11 is 0. The van der Waals surface area contributed by atoms with Gasteiger partial charge in [-0.1, -0.05) is 45.7 Å². The molecule has 33 heavy (non-hydrogen) atoms. The summed E-state index contributed by atoms with van der Waals surface area (Å²) in [5, 5.41) is 2.78. The molecule has 0 aliphatic carbocycles. The smallest absolute Gasteiger partial charge is 0.338 e. The van der Waals surface area contributed by atoms with Crippen molar-refractivity contribution >= 4 is 29.4 Å². The summed E-state index contributed by atoms with van der Waals surface area (Å²) in [6, 6.07) is 12.0. The fraction of sp³-hybridized carbons (Fsp3) is 0.385. The van der Waals surface area contributed by atoms with Crippen LogP contribution in [0.2, 0.25) is 0 Å². The minimum atomic E-state index is -0.944. The van der Waals surface area contributed by atoms with Gasteiger partial charge in [0.25, 0.3) is 11.8 Å². The first-order valence-corrected chi connectivity index (χ1v) is 11.4. The van der Waals surface area contributed by atoms with E-state index in [-0.39, 0.29) is 5.92 Å². The van der Waals surface area contributed by atoms with Crippen LogP contribution in [0.4, 0.5) is 5.69 Å². The zero-order valence-electron chi connectivity index (χ0n) is 19.3. The molecule has 2 aromatic rings. The summed E-state index contributed by atoms with van der Waals surface area (Å²) in [7, 11) is 0. The Kier molecular flexibility index (Phi) is 7.98. The Labute approximate surface area is 194 Å². The second-order valence-electron chi connectivity index (χ2n) is 8.58. The van der Waals surface area contributed by atoms with Crippen molar-refractivity contribution < 1.29 is 23.9 Å². The number of hydrogen-bond donors (Lipinski definition) is 1. The number of carbonyl (C=O) groups excluding carboxylic acids is 4. The number of anilines is 1. The van der Waals surface area contributed by atoms with Crippen molar-refractivity contribution in [2.45, 2.75) is 52.5 Å². The van der Waals surface area contributed by atoms with E-state index >= 15 is 0 Å². The number of hydrogen-bond acceptors (Lipinski definition) is 5. The Morgan fingerprint density at radius 3 is 2.09 bits per heavy atom. The lowest BCUT2D eigenvalue weighted by molar-refractivity contribution is -0.120. The van der Waals surface area contributed by atoms with E-state index < -0.39 is 29.7 Å². The number of fused-ring (bicyclic) bond motifs is 1. The molecule has 7 nitrogen and oxygen atoms in total. The first kappa shape index (κ1) is 24.2. The third-order valence-corrected chi connectivity index (χ3v) is 5.50. The molecule has 0 spiro atoms. The maximum Gasteiger partial charge on any atom is 0.338 e. The Balaban J connectivity index is 1.70. The van der Waals surface area contributed by atoms with Gasteiger partial charge in [0, 0.05) is 5.69 Å².